The van der Waals surface area contributed by atoms with E-state index < -0.39 is 0 Å². The second-order valence-electron chi connectivity index (χ2n) is 7.11. The Labute approximate surface area is 206 Å². The quantitative estimate of drug-likeness (QED) is 0.245. The summed E-state index contributed by atoms with van der Waals surface area (Å²) in [6.45, 7) is 6.15. The van der Waals surface area contributed by atoms with E-state index in [-0.39, 0.29) is 12.5 Å². The van der Waals surface area contributed by atoms with E-state index in [0.29, 0.717) is 23.1 Å². The number of hydrogen-bond donors (Lipinski definition) is 1. The lowest BCUT2D eigenvalue weighted by Gasteiger charge is -2.15. The average Bonchev–Trinajstić information content (AvgIpc) is 2.74. The molecule has 32 heavy (non-hydrogen) atoms. The number of aryl methyl sites for hydroxylation is 1. The van der Waals surface area contributed by atoms with Gasteiger partial charge in [0.25, 0.3) is 5.91 Å². The molecule has 0 aliphatic rings. The van der Waals surface area contributed by atoms with Crippen molar-refractivity contribution in [3.8, 4) is 11.5 Å². The van der Waals surface area contributed by atoms with E-state index in [1.165, 1.54) is 0 Å². The maximum Gasteiger partial charge on any atom is 0.262 e. The van der Waals surface area contributed by atoms with Gasteiger partial charge in [-0.05, 0) is 96.5 Å². The van der Waals surface area contributed by atoms with Crippen LogP contribution in [0.15, 0.2) is 59.6 Å². The normalized spacial score (nSPS) is 10.9. The van der Waals surface area contributed by atoms with Crippen molar-refractivity contribution in [2.45, 2.75) is 20.8 Å². The minimum absolute atomic E-state index is 0.126. The highest BCUT2D eigenvalue weighted by Gasteiger charge is 2.14. The maximum atomic E-state index is 12.4. The summed E-state index contributed by atoms with van der Waals surface area (Å²) in [6, 6.07) is 17.0. The van der Waals surface area contributed by atoms with E-state index in [2.05, 4.69) is 32.9 Å². The summed E-state index contributed by atoms with van der Waals surface area (Å²) >= 11 is 8.36. The first-order valence-corrected chi connectivity index (χ1v) is 11.6. The maximum absolute atomic E-state index is 12.4. The Morgan fingerprint density at radius 3 is 2.66 bits per heavy atom. The lowest BCUT2D eigenvalue weighted by molar-refractivity contribution is -0.118. The van der Waals surface area contributed by atoms with Gasteiger partial charge in [0, 0.05) is 16.9 Å². The topological polar surface area (TPSA) is 59.9 Å². The van der Waals surface area contributed by atoms with E-state index >= 15 is 0 Å². The van der Waals surface area contributed by atoms with Crippen LogP contribution in [0.25, 0.3) is 0 Å². The summed E-state index contributed by atoms with van der Waals surface area (Å²) in [4.78, 5) is 16.9. The van der Waals surface area contributed by atoms with E-state index in [0.717, 1.165) is 31.6 Å². The second kappa shape index (κ2) is 11.3. The Hall–Kier alpha value is -2.58. The van der Waals surface area contributed by atoms with E-state index in [4.69, 9.17) is 21.1 Å². The number of anilines is 1. The predicted octanol–water partition coefficient (Wildman–Crippen LogP) is 6.73. The summed E-state index contributed by atoms with van der Waals surface area (Å²) in [5.41, 5.74) is 4.39. The number of nitrogens with one attached hydrogen (secondary N) is 1. The van der Waals surface area contributed by atoms with E-state index in [9.17, 15) is 4.79 Å². The SMILES string of the molecule is CCOc1cc(C=Nc2cccc(Cl)c2C)cc(I)c1OCC(=O)Nc1cccc(C)c1. The second-order valence-corrected chi connectivity index (χ2v) is 8.68. The van der Waals surface area contributed by atoms with Crippen molar-refractivity contribution in [3.05, 3.63) is 79.9 Å². The van der Waals surface area contributed by atoms with Gasteiger partial charge in [0.05, 0.1) is 15.9 Å². The minimum atomic E-state index is -0.240. The molecule has 0 bridgehead atoms. The van der Waals surface area contributed by atoms with Gasteiger partial charge >= 0.3 is 0 Å². The number of ether oxygens (including phenoxy) is 2. The van der Waals surface area contributed by atoms with Gasteiger partial charge in [-0.25, -0.2) is 0 Å². The molecule has 3 rings (SSSR count). The highest BCUT2D eigenvalue weighted by molar-refractivity contribution is 14.1. The van der Waals surface area contributed by atoms with Gasteiger partial charge in [-0.3, -0.25) is 9.79 Å². The highest BCUT2D eigenvalue weighted by atomic mass is 127. The number of rotatable bonds is 8. The average molecular weight is 563 g/mol. The number of aliphatic imine (C=N–C) groups is 1. The molecular formula is C25H24ClIN2O3. The first kappa shape index (κ1) is 24.1. The monoisotopic (exact) mass is 562 g/mol. The molecule has 0 saturated heterocycles. The van der Waals surface area contributed by atoms with Gasteiger partial charge in [-0.1, -0.05) is 29.8 Å². The van der Waals surface area contributed by atoms with Crippen molar-refractivity contribution in [1.29, 1.82) is 0 Å². The Kier molecular flexibility index (Phi) is 8.53. The molecule has 1 N–H and O–H groups in total. The molecule has 0 aromatic heterocycles. The zero-order valence-corrected chi connectivity index (χ0v) is 21.0. The molecule has 0 spiro atoms. The van der Waals surface area contributed by atoms with Gasteiger partial charge < -0.3 is 14.8 Å². The number of halogens is 2. The molecule has 1 amide bonds. The van der Waals surface area contributed by atoms with Gasteiger partial charge in [0.2, 0.25) is 0 Å². The van der Waals surface area contributed by atoms with Crippen LogP contribution in [0.1, 0.15) is 23.6 Å². The molecule has 0 atom stereocenters. The zero-order chi connectivity index (χ0) is 23.1. The third-order valence-corrected chi connectivity index (χ3v) is 5.78. The van der Waals surface area contributed by atoms with Crippen LogP contribution < -0.4 is 14.8 Å². The number of carbonyl (C=O) groups is 1. The fourth-order valence-corrected chi connectivity index (χ4v) is 3.95. The molecule has 0 saturated carbocycles. The number of nitrogens with zero attached hydrogens (tertiary/aromatic N) is 1. The number of carbonyl (C=O) groups excluding carboxylic acids is 1. The molecule has 0 fully saturated rings. The van der Waals surface area contributed by atoms with Crippen molar-refractivity contribution < 1.29 is 14.3 Å². The van der Waals surface area contributed by atoms with Crippen LogP contribution >= 0.6 is 34.2 Å². The molecular weight excluding hydrogens is 539 g/mol. The van der Waals surface area contributed by atoms with Crippen LogP contribution in [-0.4, -0.2) is 25.3 Å². The molecule has 0 aliphatic heterocycles. The van der Waals surface area contributed by atoms with Crippen LogP contribution in [-0.2, 0) is 4.79 Å². The van der Waals surface area contributed by atoms with Crippen molar-refractivity contribution in [2.24, 2.45) is 4.99 Å². The van der Waals surface area contributed by atoms with Crippen LogP contribution in [0, 0.1) is 17.4 Å². The van der Waals surface area contributed by atoms with Crippen LogP contribution in [0.2, 0.25) is 5.02 Å². The Morgan fingerprint density at radius 2 is 1.91 bits per heavy atom. The molecule has 5 nitrogen and oxygen atoms in total. The largest absolute Gasteiger partial charge is 0.490 e. The first-order chi connectivity index (χ1) is 15.4. The van der Waals surface area contributed by atoms with Crippen LogP contribution in [0.5, 0.6) is 11.5 Å². The summed E-state index contributed by atoms with van der Waals surface area (Å²) in [6.07, 6.45) is 1.76. The van der Waals surface area contributed by atoms with Gasteiger partial charge in [-0.2, -0.15) is 0 Å². The Morgan fingerprint density at radius 1 is 1.12 bits per heavy atom. The summed E-state index contributed by atoms with van der Waals surface area (Å²) in [7, 11) is 0. The third kappa shape index (κ3) is 6.46. The molecule has 7 heteroatoms. The van der Waals surface area contributed by atoms with Crippen molar-refractivity contribution in [2.75, 3.05) is 18.5 Å². The van der Waals surface area contributed by atoms with Gasteiger partial charge in [0.1, 0.15) is 0 Å². The highest BCUT2D eigenvalue weighted by Crippen LogP contribution is 2.34. The van der Waals surface area contributed by atoms with Gasteiger partial charge in [-0.15, -0.1) is 0 Å². The Balaban J connectivity index is 1.75. The lowest BCUT2D eigenvalue weighted by atomic mass is 10.2. The molecule has 3 aromatic rings. The molecule has 0 unspecified atom stereocenters. The van der Waals surface area contributed by atoms with Crippen molar-refractivity contribution >= 4 is 57.7 Å². The first-order valence-electron chi connectivity index (χ1n) is 10.1. The Bertz CT molecular complexity index is 1150. The van der Waals surface area contributed by atoms with E-state index in [1.54, 1.807) is 6.21 Å². The van der Waals surface area contributed by atoms with Crippen molar-refractivity contribution in [3.63, 3.8) is 0 Å². The summed E-state index contributed by atoms with van der Waals surface area (Å²) < 4.78 is 12.4. The summed E-state index contributed by atoms with van der Waals surface area (Å²) in [5.74, 6) is 0.853. The van der Waals surface area contributed by atoms with Crippen LogP contribution in [0.3, 0.4) is 0 Å². The molecule has 3 aromatic carbocycles. The number of amides is 1. The molecule has 0 heterocycles. The standard InChI is InChI=1S/C25H24ClIN2O3/c1-4-31-23-13-18(14-28-22-10-6-9-20(26)17(22)3)12-21(27)25(23)32-15-24(30)29-19-8-5-7-16(2)11-19/h5-14H,4,15H2,1-3H3,(H,29,30). The third-order valence-electron chi connectivity index (χ3n) is 4.57. The smallest absolute Gasteiger partial charge is 0.262 e. The predicted molar refractivity (Wildman–Crippen MR) is 139 cm³/mol. The summed E-state index contributed by atoms with van der Waals surface area (Å²) in [5, 5.41) is 3.52. The molecule has 0 aliphatic carbocycles. The van der Waals surface area contributed by atoms with E-state index in [1.807, 2.05) is 75.4 Å². The van der Waals surface area contributed by atoms with Crippen LogP contribution in [0.4, 0.5) is 11.4 Å². The van der Waals surface area contributed by atoms with Gasteiger partial charge in [0.15, 0.2) is 18.1 Å². The minimum Gasteiger partial charge on any atom is -0.490 e. The fraction of sp³-hybridized carbons (Fsp3) is 0.200. The number of hydrogen-bond acceptors (Lipinski definition) is 4. The molecule has 0 radical (unpaired) electrons. The van der Waals surface area contributed by atoms with Crippen molar-refractivity contribution in [1.82, 2.24) is 0 Å². The zero-order valence-electron chi connectivity index (χ0n) is 18.1. The molecule has 166 valence electrons. The fourth-order valence-electron chi connectivity index (χ4n) is 3.00. The number of benzene rings is 3. The lowest BCUT2D eigenvalue weighted by Crippen LogP contribution is -2.20.